The van der Waals surface area contributed by atoms with Gasteiger partial charge in [-0.3, -0.25) is 9.80 Å². The van der Waals surface area contributed by atoms with E-state index < -0.39 is 0 Å². The van der Waals surface area contributed by atoms with Crippen molar-refractivity contribution >= 4 is 34.5 Å². The van der Waals surface area contributed by atoms with Gasteiger partial charge < -0.3 is 0 Å². The summed E-state index contributed by atoms with van der Waals surface area (Å²) in [4.78, 5) is 7.05. The van der Waals surface area contributed by atoms with E-state index in [0.717, 1.165) is 49.8 Å². The van der Waals surface area contributed by atoms with Crippen LogP contribution in [0.5, 0.6) is 0 Å². The van der Waals surface area contributed by atoms with Crippen LogP contribution in [0.3, 0.4) is 0 Å². The van der Waals surface area contributed by atoms with Crippen LogP contribution in [0.15, 0.2) is 36.4 Å². The Bertz CT molecular complexity index is 873. The lowest BCUT2D eigenvalue weighted by Gasteiger charge is -2.34. The number of hydrogen-bond donors (Lipinski definition) is 0. The minimum atomic E-state index is -0.162. The third kappa shape index (κ3) is 4.13. The van der Waals surface area contributed by atoms with Crippen molar-refractivity contribution in [2.45, 2.75) is 13.1 Å². The SMILES string of the molecule is Fc1ccccc1-c1ccc(CN2CCN(Cc3nnsc3Cl)CC2)s1. The van der Waals surface area contributed by atoms with Crippen LogP contribution in [-0.2, 0) is 13.1 Å². The summed E-state index contributed by atoms with van der Waals surface area (Å²) in [6.45, 7) is 5.65. The normalized spacial score (nSPS) is 16.2. The molecule has 8 heteroatoms. The molecule has 0 saturated carbocycles. The molecule has 0 N–H and O–H groups in total. The summed E-state index contributed by atoms with van der Waals surface area (Å²) >= 11 is 9.00. The zero-order chi connectivity index (χ0) is 17.9. The molecule has 0 spiro atoms. The highest BCUT2D eigenvalue weighted by molar-refractivity contribution is 7.15. The molecule has 1 aliphatic heterocycles. The number of hydrogen-bond acceptors (Lipinski definition) is 6. The highest BCUT2D eigenvalue weighted by Crippen LogP contribution is 2.30. The number of piperazine rings is 1. The van der Waals surface area contributed by atoms with Crippen molar-refractivity contribution in [3.63, 3.8) is 0 Å². The molecule has 3 heterocycles. The molecule has 2 aromatic heterocycles. The lowest BCUT2D eigenvalue weighted by Crippen LogP contribution is -2.45. The van der Waals surface area contributed by atoms with Gasteiger partial charge in [-0.05, 0) is 18.2 Å². The van der Waals surface area contributed by atoms with Crippen molar-refractivity contribution in [1.82, 2.24) is 19.4 Å². The van der Waals surface area contributed by atoms with Crippen molar-refractivity contribution in [3.05, 3.63) is 57.1 Å². The van der Waals surface area contributed by atoms with E-state index in [1.807, 2.05) is 18.2 Å². The lowest BCUT2D eigenvalue weighted by molar-refractivity contribution is 0.122. The van der Waals surface area contributed by atoms with E-state index in [2.05, 4.69) is 25.5 Å². The largest absolute Gasteiger partial charge is 0.296 e. The van der Waals surface area contributed by atoms with Crippen molar-refractivity contribution in [1.29, 1.82) is 0 Å². The van der Waals surface area contributed by atoms with Gasteiger partial charge in [-0.15, -0.1) is 16.4 Å². The predicted molar refractivity (Wildman–Crippen MR) is 105 cm³/mol. The third-order valence-electron chi connectivity index (χ3n) is 4.53. The Kier molecular flexibility index (Phi) is 5.61. The van der Waals surface area contributed by atoms with Crippen LogP contribution in [0, 0.1) is 5.82 Å². The molecular formula is C18H18ClFN4S2. The van der Waals surface area contributed by atoms with Crippen LogP contribution in [0.25, 0.3) is 10.4 Å². The first kappa shape index (κ1) is 18.0. The van der Waals surface area contributed by atoms with Crippen molar-refractivity contribution < 1.29 is 4.39 Å². The van der Waals surface area contributed by atoms with Gasteiger partial charge in [0.25, 0.3) is 0 Å². The molecule has 1 fully saturated rings. The van der Waals surface area contributed by atoms with Crippen LogP contribution >= 0.6 is 34.5 Å². The second-order valence-corrected chi connectivity index (χ2v) is 8.82. The van der Waals surface area contributed by atoms with Gasteiger partial charge in [-0.25, -0.2) is 4.39 Å². The first-order valence-corrected chi connectivity index (χ1v) is 10.4. The molecule has 3 aromatic rings. The molecule has 4 nitrogen and oxygen atoms in total. The minimum absolute atomic E-state index is 0.162. The zero-order valence-corrected chi connectivity index (χ0v) is 16.5. The fraction of sp³-hybridized carbons (Fsp3) is 0.333. The van der Waals surface area contributed by atoms with Gasteiger partial charge in [0.2, 0.25) is 0 Å². The number of rotatable bonds is 5. The van der Waals surface area contributed by atoms with Gasteiger partial charge in [0.15, 0.2) is 0 Å². The standard InChI is InChI=1S/C18H18ClFN4S2/c19-18-16(21-22-26-18)12-24-9-7-23(8-10-24)11-13-5-6-17(25-13)14-3-1-2-4-15(14)20/h1-6H,7-12H2. The molecule has 0 atom stereocenters. The number of benzene rings is 1. The Labute approximate surface area is 165 Å². The van der Waals surface area contributed by atoms with Crippen LogP contribution in [0.4, 0.5) is 4.39 Å². The molecule has 0 amide bonds. The molecule has 26 heavy (non-hydrogen) atoms. The van der Waals surface area contributed by atoms with E-state index in [-0.39, 0.29) is 5.82 Å². The van der Waals surface area contributed by atoms with Crippen molar-refractivity contribution in [2.75, 3.05) is 26.2 Å². The number of thiophene rings is 1. The second-order valence-electron chi connectivity index (χ2n) is 6.29. The fourth-order valence-corrected chi connectivity index (χ4v) is 4.79. The van der Waals surface area contributed by atoms with E-state index in [0.29, 0.717) is 9.90 Å². The van der Waals surface area contributed by atoms with E-state index >= 15 is 0 Å². The number of halogens is 2. The van der Waals surface area contributed by atoms with Crippen molar-refractivity contribution in [2.24, 2.45) is 0 Å². The first-order chi connectivity index (χ1) is 12.7. The Morgan fingerprint density at radius 2 is 1.73 bits per heavy atom. The molecule has 136 valence electrons. The summed E-state index contributed by atoms with van der Waals surface area (Å²) in [6, 6.07) is 11.1. The average molecular weight is 409 g/mol. The van der Waals surface area contributed by atoms with Crippen LogP contribution in [0.1, 0.15) is 10.6 Å². The Hall–Kier alpha value is -1.38. The van der Waals surface area contributed by atoms with Gasteiger partial charge in [0.1, 0.15) is 15.8 Å². The zero-order valence-electron chi connectivity index (χ0n) is 14.1. The maximum atomic E-state index is 13.9. The first-order valence-electron chi connectivity index (χ1n) is 8.44. The van der Waals surface area contributed by atoms with Crippen LogP contribution in [0.2, 0.25) is 4.34 Å². The maximum absolute atomic E-state index is 13.9. The maximum Gasteiger partial charge on any atom is 0.138 e. The van der Waals surface area contributed by atoms with E-state index in [1.165, 1.54) is 22.5 Å². The van der Waals surface area contributed by atoms with E-state index in [1.54, 1.807) is 17.4 Å². The molecule has 0 aliphatic carbocycles. The van der Waals surface area contributed by atoms with Gasteiger partial charge in [0.05, 0.1) is 0 Å². The summed E-state index contributed by atoms with van der Waals surface area (Å²) < 4.78 is 18.5. The predicted octanol–water partition coefficient (Wildman–Crippen LogP) is 4.38. The molecule has 0 radical (unpaired) electrons. The Morgan fingerprint density at radius 1 is 1.00 bits per heavy atom. The Balaban J connectivity index is 1.32. The molecular weight excluding hydrogens is 391 g/mol. The lowest BCUT2D eigenvalue weighted by atomic mass is 10.2. The molecule has 4 rings (SSSR count). The van der Waals surface area contributed by atoms with Gasteiger partial charge in [-0.1, -0.05) is 34.3 Å². The number of nitrogens with zero attached hydrogens (tertiary/aromatic N) is 4. The summed E-state index contributed by atoms with van der Waals surface area (Å²) in [5, 5.41) is 4.09. The van der Waals surface area contributed by atoms with Crippen molar-refractivity contribution in [3.8, 4) is 10.4 Å². The highest BCUT2D eigenvalue weighted by Gasteiger charge is 2.20. The van der Waals surface area contributed by atoms with Gasteiger partial charge in [-0.2, -0.15) is 0 Å². The minimum Gasteiger partial charge on any atom is -0.296 e. The molecule has 1 aliphatic rings. The van der Waals surface area contributed by atoms with Gasteiger partial charge >= 0.3 is 0 Å². The molecule has 0 unspecified atom stereocenters. The third-order valence-corrected chi connectivity index (χ3v) is 6.62. The van der Waals surface area contributed by atoms with Crippen LogP contribution < -0.4 is 0 Å². The summed E-state index contributed by atoms with van der Waals surface area (Å²) in [5.41, 5.74) is 1.56. The van der Waals surface area contributed by atoms with E-state index in [9.17, 15) is 4.39 Å². The molecule has 1 saturated heterocycles. The van der Waals surface area contributed by atoms with E-state index in [4.69, 9.17) is 11.6 Å². The average Bonchev–Trinajstić information content (AvgIpc) is 3.27. The molecule has 1 aromatic carbocycles. The summed E-state index contributed by atoms with van der Waals surface area (Å²) in [7, 11) is 0. The smallest absolute Gasteiger partial charge is 0.138 e. The monoisotopic (exact) mass is 408 g/mol. The summed E-state index contributed by atoms with van der Waals surface area (Å²) in [5.74, 6) is -0.162. The fourth-order valence-electron chi connectivity index (χ4n) is 3.10. The van der Waals surface area contributed by atoms with Crippen LogP contribution in [-0.4, -0.2) is 45.6 Å². The highest BCUT2D eigenvalue weighted by atomic mass is 35.5. The van der Waals surface area contributed by atoms with Gasteiger partial charge in [0, 0.05) is 66.1 Å². The Morgan fingerprint density at radius 3 is 2.42 bits per heavy atom. The number of aromatic nitrogens is 2. The molecule has 0 bridgehead atoms. The second kappa shape index (κ2) is 8.10. The quantitative estimate of drug-likeness (QED) is 0.627. The summed E-state index contributed by atoms with van der Waals surface area (Å²) in [6.07, 6.45) is 0. The topological polar surface area (TPSA) is 32.3 Å².